The van der Waals surface area contributed by atoms with Crippen LogP contribution in [-0.4, -0.2) is 9.78 Å². The Morgan fingerprint density at radius 1 is 1.25 bits per heavy atom. The molecule has 4 heteroatoms. The highest BCUT2D eigenvalue weighted by Crippen LogP contribution is 2.15. The molecule has 3 rings (SSSR count). The number of benzene rings is 1. The minimum Gasteiger partial charge on any atom is -0.291 e. The normalized spacial score (nSPS) is 11.9. The summed E-state index contributed by atoms with van der Waals surface area (Å²) in [5, 5.41) is 6.29. The van der Waals surface area contributed by atoms with Gasteiger partial charge in [0, 0.05) is 4.88 Å². The van der Waals surface area contributed by atoms with Crippen LogP contribution in [-0.2, 0) is 0 Å². The minimum absolute atomic E-state index is 0.0750. The number of nitrogens with one attached hydrogen (secondary N) is 1. The molecule has 0 saturated heterocycles. The minimum atomic E-state index is -0.0750. The smallest absolute Gasteiger partial charge is 0.279 e. The molecular weight excluding hydrogens is 268 g/mol. The van der Waals surface area contributed by atoms with Gasteiger partial charge in [0.2, 0.25) is 0 Å². The number of nitrogens with zero attached hydrogens (tertiary/aromatic N) is 1. The van der Waals surface area contributed by atoms with E-state index in [9.17, 15) is 4.79 Å². The van der Waals surface area contributed by atoms with Crippen molar-refractivity contribution in [3.05, 3.63) is 73.1 Å². The lowest BCUT2D eigenvalue weighted by atomic mass is 10.2. The second-order valence-corrected chi connectivity index (χ2v) is 5.54. The van der Waals surface area contributed by atoms with Crippen molar-refractivity contribution in [3.8, 4) is 5.69 Å². The van der Waals surface area contributed by atoms with Gasteiger partial charge >= 0.3 is 0 Å². The van der Waals surface area contributed by atoms with Crippen LogP contribution in [0.25, 0.3) is 18.3 Å². The number of hydrogen-bond donors (Lipinski definition) is 1. The van der Waals surface area contributed by atoms with Gasteiger partial charge in [-0.3, -0.25) is 9.89 Å². The first-order chi connectivity index (χ1) is 9.66. The number of thiophene rings is 1. The third kappa shape index (κ3) is 2.14. The van der Waals surface area contributed by atoms with Crippen molar-refractivity contribution in [2.24, 2.45) is 0 Å². The molecule has 0 radical (unpaired) electrons. The quantitative estimate of drug-likeness (QED) is 0.764. The van der Waals surface area contributed by atoms with Gasteiger partial charge in [-0.2, -0.15) is 0 Å². The van der Waals surface area contributed by atoms with Gasteiger partial charge in [-0.1, -0.05) is 24.8 Å². The number of hydrogen-bond acceptors (Lipinski definition) is 2. The van der Waals surface area contributed by atoms with Gasteiger partial charge in [0.05, 0.1) is 16.3 Å². The van der Waals surface area contributed by atoms with Crippen LogP contribution >= 0.6 is 11.3 Å². The summed E-state index contributed by atoms with van der Waals surface area (Å²) in [6.07, 6.45) is 1.90. The second kappa shape index (κ2) is 4.98. The number of H-pyrrole nitrogens is 1. The molecule has 0 saturated carbocycles. The Bertz CT molecular complexity index is 900. The molecule has 0 aliphatic heterocycles. The lowest BCUT2D eigenvalue weighted by Gasteiger charge is -1.98. The van der Waals surface area contributed by atoms with Gasteiger partial charge in [0.15, 0.2) is 0 Å². The van der Waals surface area contributed by atoms with Crippen molar-refractivity contribution in [1.29, 1.82) is 0 Å². The Hall–Kier alpha value is -2.33. The largest absolute Gasteiger partial charge is 0.291 e. The molecule has 0 amide bonds. The maximum atomic E-state index is 12.5. The van der Waals surface area contributed by atoms with E-state index in [-0.39, 0.29) is 5.56 Å². The molecule has 0 aliphatic rings. The average molecular weight is 282 g/mol. The van der Waals surface area contributed by atoms with E-state index in [1.54, 1.807) is 11.3 Å². The molecule has 2 heterocycles. The maximum absolute atomic E-state index is 12.5. The Kier molecular flexibility index (Phi) is 3.16. The number of para-hydroxylation sites is 1. The molecule has 20 heavy (non-hydrogen) atoms. The zero-order chi connectivity index (χ0) is 14.1. The molecule has 0 atom stereocenters. The van der Waals surface area contributed by atoms with Crippen molar-refractivity contribution < 1.29 is 0 Å². The van der Waals surface area contributed by atoms with Gasteiger partial charge < -0.3 is 0 Å². The molecule has 0 bridgehead atoms. The third-order valence-electron chi connectivity index (χ3n) is 3.20. The van der Waals surface area contributed by atoms with E-state index < -0.39 is 0 Å². The Balaban J connectivity index is 2.24. The third-order valence-corrected chi connectivity index (χ3v) is 4.16. The second-order valence-electron chi connectivity index (χ2n) is 4.59. The van der Waals surface area contributed by atoms with Crippen LogP contribution in [0.4, 0.5) is 0 Å². The molecule has 0 spiro atoms. The number of aryl methyl sites for hydroxylation is 1. The van der Waals surface area contributed by atoms with Gasteiger partial charge in [-0.25, -0.2) is 4.68 Å². The van der Waals surface area contributed by atoms with E-state index in [0.29, 0.717) is 10.6 Å². The number of aromatic nitrogens is 2. The lowest BCUT2D eigenvalue weighted by Crippen LogP contribution is -2.33. The van der Waals surface area contributed by atoms with Crippen LogP contribution in [0, 0.1) is 6.92 Å². The monoisotopic (exact) mass is 282 g/mol. The molecule has 0 unspecified atom stereocenters. The molecule has 1 aromatic carbocycles. The Labute approximate surface area is 120 Å². The Morgan fingerprint density at radius 3 is 2.65 bits per heavy atom. The molecule has 100 valence electrons. The van der Waals surface area contributed by atoms with Crippen molar-refractivity contribution in [1.82, 2.24) is 9.78 Å². The summed E-state index contributed by atoms with van der Waals surface area (Å²) in [6, 6.07) is 11.5. The summed E-state index contributed by atoms with van der Waals surface area (Å²) in [4.78, 5) is 13.6. The fourth-order valence-corrected chi connectivity index (χ4v) is 2.93. The van der Waals surface area contributed by atoms with Gasteiger partial charge in [-0.05, 0) is 42.1 Å². The van der Waals surface area contributed by atoms with E-state index in [2.05, 4.69) is 11.7 Å². The predicted molar refractivity (Wildman–Crippen MR) is 83.8 cm³/mol. The molecule has 1 N–H and O–H groups in total. The number of rotatable bonds is 2. The fourth-order valence-electron chi connectivity index (χ4n) is 2.07. The summed E-state index contributed by atoms with van der Waals surface area (Å²) in [5.74, 6) is 0. The van der Waals surface area contributed by atoms with Crippen molar-refractivity contribution in [2.45, 2.75) is 6.92 Å². The first-order valence-electron chi connectivity index (χ1n) is 6.28. The molecule has 0 aliphatic carbocycles. The van der Waals surface area contributed by atoms with E-state index in [1.165, 1.54) is 10.2 Å². The van der Waals surface area contributed by atoms with Gasteiger partial charge in [0.25, 0.3) is 5.56 Å². The van der Waals surface area contributed by atoms with Crippen LogP contribution in [0.5, 0.6) is 0 Å². The average Bonchev–Trinajstić information content (AvgIpc) is 2.98. The van der Waals surface area contributed by atoms with E-state index in [4.69, 9.17) is 0 Å². The highest BCUT2D eigenvalue weighted by atomic mass is 32.1. The van der Waals surface area contributed by atoms with Crippen LogP contribution in [0.2, 0.25) is 0 Å². The standard InChI is InChI=1S/C16H14N2OS/c1-11-8-9-20-15(11)10-14-12(2)17-18(16(14)19)13-6-4-3-5-7-13/h3-10,17H,2H2,1H3/b14-10+. The van der Waals surface area contributed by atoms with E-state index >= 15 is 0 Å². The van der Waals surface area contributed by atoms with Crippen molar-refractivity contribution in [2.75, 3.05) is 0 Å². The topological polar surface area (TPSA) is 37.8 Å². The summed E-state index contributed by atoms with van der Waals surface area (Å²) in [6.45, 7) is 5.97. The fraction of sp³-hybridized carbons (Fsp3) is 0.0625. The highest BCUT2D eigenvalue weighted by Gasteiger charge is 2.05. The van der Waals surface area contributed by atoms with Crippen LogP contribution in [0.1, 0.15) is 10.4 Å². The lowest BCUT2D eigenvalue weighted by molar-refractivity contribution is 0.838. The van der Waals surface area contributed by atoms with Crippen LogP contribution < -0.4 is 16.1 Å². The predicted octanol–water partition coefficient (Wildman–Crippen LogP) is 1.77. The maximum Gasteiger partial charge on any atom is 0.279 e. The first-order valence-corrected chi connectivity index (χ1v) is 7.16. The molecule has 2 aromatic heterocycles. The Morgan fingerprint density at radius 2 is 2.00 bits per heavy atom. The first kappa shape index (κ1) is 12.7. The highest BCUT2D eigenvalue weighted by molar-refractivity contribution is 7.11. The van der Waals surface area contributed by atoms with Crippen LogP contribution in [0.15, 0.2) is 46.6 Å². The van der Waals surface area contributed by atoms with Crippen molar-refractivity contribution >= 4 is 24.0 Å². The van der Waals surface area contributed by atoms with Crippen LogP contribution in [0.3, 0.4) is 0 Å². The summed E-state index contributed by atoms with van der Waals surface area (Å²) >= 11 is 1.62. The zero-order valence-electron chi connectivity index (χ0n) is 11.1. The summed E-state index contributed by atoms with van der Waals surface area (Å²) < 4.78 is 1.52. The molecule has 0 fully saturated rings. The zero-order valence-corrected chi connectivity index (χ0v) is 11.9. The van der Waals surface area contributed by atoms with E-state index in [1.807, 2.05) is 54.8 Å². The van der Waals surface area contributed by atoms with E-state index in [0.717, 1.165) is 10.6 Å². The SMILES string of the molecule is C=c1[nH]n(-c2ccccc2)c(=O)/c1=C/c1sccc1C. The van der Waals surface area contributed by atoms with Gasteiger partial charge in [0.1, 0.15) is 0 Å². The van der Waals surface area contributed by atoms with Gasteiger partial charge in [-0.15, -0.1) is 11.3 Å². The molecule has 3 aromatic rings. The summed E-state index contributed by atoms with van der Waals surface area (Å²) in [7, 11) is 0. The number of aromatic amines is 1. The van der Waals surface area contributed by atoms with Crippen molar-refractivity contribution in [3.63, 3.8) is 0 Å². The molecule has 3 nitrogen and oxygen atoms in total. The summed E-state index contributed by atoms with van der Waals surface area (Å²) in [5.41, 5.74) is 1.90. The molecular formula is C16H14N2OS.